The van der Waals surface area contributed by atoms with Gasteiger partial charge in [-0.25, -0.2) is 9.69 Å². The first kappa shape index (κ1) is 14.1. The van der Waals surface area contributed by atoms with Gasteiger partial charge in [-0.3, -0.25) is 4.79 Å². The first-order chi connectivity index (χ1) is 9.72. The number of amides is 2. The summed E-state index contributed by atoms with van der Waals surface area (Å²) in [6.45, 7) is 0.259. The molecule has 1 aliphatic heterocycles. The lowest BCUT2D eigenvalue weighted by molar-refractivity contribution is -0.129. The van der Waals surface area contributed by atoms with E-state index in [1.54, 1.807) is 0 Å². The van der Waals surface area contributed by atoms with Gasteiger partial charge in [-0.2, -0.15) is 0 Å². The molecule has 1 aliphatic rings. The SMILES string of the molecule is C#CCCCC(=O)N1C(=O)OC[C@@H]1Cc1ccccc1. The van der Waals surface area contributed by atoms with E-state index in [0.717, 1.165) is 5.56 Å². The lowest BCUT2D eigenvalue weighted by Crippen LogP contribution is -2.40. The fraction of sp³-hybridized carbons (Fsp3) is 0.375. The Hall–Kier alpha value is -2.28. The van der Waals surface area contributed by atoms with Crippen molar-refractivity contribution in [3.63, 3.8) is 0 Å². The third-order valence-corrected chi connectivity index (χ3v) is 3.26. The Morgan fingerprint density at radius 1 is 1.40 bits per heavy atom. The average Bonchev–Trinajstić information content (AvgIpc) is 2.81. The van der Waals surface area contributed by atoms with Crippen LogP contribution in [0.2, 0.25) is 0 Å². The second kappa shape index (κ2) is 6.76. The van der Waals surface area contributed by atoms with Gasteiger partial charge in [0.2, 0.25) is 5.91 Å². The summed E-state index contributed by atoms with van der Waals surface area (Å²) in [4.78, 5) is 25.0. The molecule has 4 nitrogen and oxygen atoms in total. The van der Waals surface area contributed by atoms with E-state index in [1.165, 1.54) is 4.90 Å². The molecular formula is C16H17NO3. The molecular weight excluding hydrogens is 254 g/mol. The van der Waals surface area contributed by atoms with Crippen LogP contribution < -0.4 is 0 Å². The number of terminal acetylenes is 1. The van der Waals surface area contributed by atoms with Gasteiger partial charge in [-0.05, 0) is 18.4 Å². The van der Waals surface area contributed by atoms with Crippen molar-refractivity contribution in [2.24, 2.45) is 0 Å². The molecule has 1 heterocycles. The number of unbranched alkanes of at least 4 members (excludes halogenated alkanes) is 1. The Morgan fingerprint density at radius 2 is 2.15 bits per heavy atom. The highest BCUT2D eigenvalue weighted by atomic mass is 16.6. The Kier molecular flexibility index (Phi) is 4.78. The second-order valence-electron chi connectivity index (χ2n) is 4.74. The second-order valence-corrected chi connectivity index (χ2v) is 4.74. The maximum Gasteiger partial charge on any atom is 0.416 e. The number of carbonyl (C=O) groups excluding carboxylic acids is 2. The predicted octanol–water partition coefficient (Wildman–Crippen LogP) is 2.38. The number of cyclic esters (lactones) is 1. The van der Waals surface area contributed by atoms with Gasteiger partial charge in [0.05, 0.1) is 6.04 Å². The van der Waals surface area contributed by atoms with E-state index >= 15 is 0 Å². The molecule has 0 aliphatic carbocycles. The summed E-state index contributed by atoms with van der Waals surface area (Å²) in [5.74, 6) is 2.28. The summed E-state index contributed by atoms with van der Waals surface area (Å²) in [6, 6.07) is 9.54. The number of rotatable bonds is 5. The summed E-state index contributed by atoms with van der Waals surface area (Å²) in [5.41, 5.74) is 1.08. The minimum absolute atomic E-state index is 0.205. The van der Waals surface area contributed by atoms with Gasteiger partial charge < -0.3 is 4.74 Å². The van der Waals surface area contributed by atoms with Crippen LogP contribution in [-0.4, -0.2) is 29.5 Å². The van der Waals surface area contributed by atoms with E-state index in [4.69, 9.17) is 11.2 Å². The van der Waals surface area contributed by atoms with Crippen LogP contribution in [0.1, 0.15) is 24.8 Å². The van der Waals surface area contributed by atoms with Crippen molar-refractivity contribution in [1.82, 2.24) is 4.90 Å². The summed E-state index contributed by atoms with van der Waals surface area (Å²) < 4.78 is 5.00. The molecule has 104 valence electrons. The zero-order chi connectivity index (χ0) is 14.4. The zero-order valence-electron chi connectivity index (χ0n) is 11.2. The molecule has 0 bridgehead atoms. The Morgan fingerprint density at radius 3 is 2.85 bits per heavy atom. The molecule has 0 N–H and O–H groups in total. The van der Waals surface area contributed by atoms with E-state index in [-0.39, 0.29) is 25.0 Å². The van der Waals surface area contributed by atoms with E-state index in [9.17, 15) is 9.59 Å². The molecule has 2 amide bonds. The summed E-state index contributed by atoms with van der Waals surface area (Å²) in [6.07, 6.45) is 6.65. The molecule has 0 aromatic heterocycles. The van der Waals surface area contributed by atoms with Gasteiger partial charge in [-0.15, -0.1) is 12.3 Å². The summed E-state index contributed by atoms with van der Waals surface area (Å²) in [7, 11) is 0. The van der Waals surface area contributed by atoms with E-state index < -0.39 is 6.09 Å². The van der Waals surface area contributed by atoms with Gasteiger partial charge in [-0.1, -0.05) is 30.3 Å². The highest BCUT2D eigenvalue weighted by molar-refractivity contribution is 5.93. The van der Waals surface area contributed by atoms with E-state index in [0.29, 0.717) is 19.3 Å². The maximum absolute atomic E-state index is 12.1. The number of ether oxygens (including phenoxy) is 1. The van der Waals surface area contributed by atoms with Crippen molar-refractivity contribution in [3.05, 3.63) is 35.9 Å². The third kappa shape index (κ3) is 3.39. The molecule has 0 saturated carbocycles. The normalized spacial score (nSPS) is 17.6. The monoisotopic (exact) mass is 271 g/mol. The highest BCUT2D eigenvalue weighted by Crippen LogP contribution is 2.19. The minimum atomic E-state index is -0.545. The maximum atomic E-state index is 12.1. The molecule has 0 spiro atoms. The number of nitrogens with zero attached hydrogens (tertiary/aromatic N) is 1. The Bertz CT molecular complexity index is 518. The molecule has 0 radical (unpaired) electrons. The van der Waals surface area contributed by atoms with E-state index in [2.05, 4.69) is 5.92 Å². The quantitative estimate of drug-likeness (QED) is 0.610. The van der Waals surface area contributed by atoms with Gasteiger partial charge in [0.15, 0.2) is 0 Å². The van der Waals surface area contributed by atoms with Crippen molar-refractivity contribution >= 4 is 12.0 Å². The molecule has 4 heteroatoms. The van der Waals surface area contributed by atoms with Crippen molar-refractivity contribution in [2.45, 2.75) is 31.7 Å². The first-order valence-corrected chi connectivity index (χ1v) is 6.68. The van der Waals surface area contributed by atoms with Crippen LogP contribution in [0.25, 0.3) is 0 Å². The lowest BCUT2D eigenvalue weighted by atomic mass is 10.1. The molecule has 0 unspecified atom stereocenters. The van der Waals surface area contributed by atoms with Crippen LogP contribution in [0.5, 0.6) is 0 Å². The van der Waals surface area contributed by atoms with E-state index in [1.807, 2.05) is 30.3 Å². The molecule has 1 saturated heterocycles. The van der Waals surface area contributed by atoms with Gasteiger partial charge in [0, 0.05) is 12.8 Å². The van der Waals surface area contributed by atoms with Crippen molar-refractivity contribution < 1.29 is 14.3 Å². The highest BCUT2D eigenvalue weighted by Gasteiger charge is 2.37. The minimum Gasteiger partial charge on any atom is -0.447 e. The molecule has 1 atom stereocenters. The third-order valence-electron chi connectivity index (χ3n) is 3.26. The molecule has 1 aromatic rings. The smallest absolute Gasteiger partial charge is 0.416 e. The zero-order valence-corrected chi connectivity index (χ0v) is 11.2. The summed E-state index contributed by atoms with van der Waals surface area (Å²) >= 11 is 0. The number of hydrogen-bond donors (Lipinski definition) is 0. The lowest BCUT2D eigenvalue weighted by Gasteiger charge is -2.19. The van der Waals surface area contributed by atoms with Crippen molar-refractivity contribution in [2.75, 3.05) is 6.61 Å². The molecule has 20 heavy (non-hydrogen) atoms. The van der Waals surface area contributed by atoms with Crippen LogP contribution in [0, 0.1) is 12.3 Å². The standard InChI is InChI=1S/C16H17NO3/c1-2-3-5-10-15(18)17-14(12-20-16(17)19)11-13-8-6-4-7-9-13/h1,4,6-9,14H,3,5,10-12H2/t14-/m0/s1. The fourth-order valence-electron chi connectivity index (χ4n) is 2.26. The molecule has 1 aromatic carbocycles. The van der Waals surface area contributed by atoms with Crippen LogP contribution in [0.3, 0.4) is 0 Å². The number of imide groups is 1. The van der Waals surface area contributed by atoms with Crippen molar-refractivity contribution in [1.29, 1.82) is 0 Å². The Labute approximate surface area is 118 Å². The predicted molar refractivity (Wildman–Crippen MR) is 74.8 cm³/mol. The average molecular weight is 271 g/mol. The van der Waals surface area contributed by atoms with Crippen molar-refractivity contribution in [3.8, 4) is 12.3 Å². The number of hydrogen-bond acceptors (Lipinski definition) is 3. The van der Waals surface area contributed by atoms with Crippen LogP contribution in [0.15, 0.2) is 30.3 Å². The van der Waals surface area contributed by atoms with Gasteiger partial charge >= 0.3 is 6.09 Å². The largest absolute Gasteiger partial charge is 0.447 e. The van der Waals surface area contributed by atoms with Crippen LogP contribution in [0.4, 0.5) is 4.79 Å². The first-order valence-electron chi connectivity index (χ1n) is 6.68. The topological polar surface area (TPSA) is 46.6 Å². The Balaban J connectivity index is 1.99. The van der Waals surface area contributed by atoms with Gasteiger partial charge in [0.1, 0.15) is 6.61 Å². The summed E-state index contributed by atoms with van der Waals surface area (Å²) in [5, 5.41) is 0. The fourth-order valence-corrected chi connectivity index (χ4v) is 2.26. The molecule has 2 rings (SSSR count). The van der Waals surface area contributed by atoms with Crippen LogP contribution >= 0.6 is 0 Å². The number of benzene rings is 1. The van der Waals surface area contributed by atoms with Gasteiger partial charge in [0.25, 0.3) is 0 Å². The van der Waals surface area contributed by atoms with Crippen LogP contribution in [-0.2, 0) is 16.0 Å². The number of carbonyl (C=O) groups is 2. The molecule has 1 fully saturated rings.